The number of rotatable bonds is 4. The third-order valence-electron chi connectivity index (χ3n) is 5.35. The number of esters is 1. The second-order valence-corrected chi connectivity index (χ2v) is 8.34. The molecule has 1 aliphatic heterocycles. The van der Waals surface area contributed by atoms with Gasteiger partial charge in [0.1, 0.15) is 12.4 Å². The van der Waals surface area contributed by atoms with Crippen LogP contribution in [0.15, 0.2) is 53.2 Å². The maximum atomic E-state index is 13.1. The monoisotopic (exact) mass is 365 g/mol. The molecule has 0 amide bonds. The summed E-state index contributed by atoms with van der Waals surface area (Å²) in [5, 5.41) is 0. The molecule has 4 nitrogen and oxygen atoms in total. The lowest BCUT2D eigenvalue weighted by Gasteiger charge is -2.41. The lowest BCUT2D eigenvalue weighted by Crippen LogP contribution is -2.44. The van der Waals surface area contributed by atoms with Gasteiger partial charge < -0.3 is 4.74 Å². The van der Waals surface area contributed by atoms with Crippen LogP contribution in [0.2, 0.25) is 0 Å². The van der Waals surface area contributed by atoms with Crippen molar-refractivity contribution in [1.82, 2.24) is 0 Å². The molecule has 0 N–H and O–H groups in total. The zero-order valence-electron chi connectivity index (χ0n) is 16.5. The Balaban J connectivity index is 2.13. The average Bonchev–Trinajstić information content (AvgIpc) is 2.58. The van der Waals surface area contributed by atoms with Crippen LogP contribution >= 0.6 is 0 Å². The van der Waals surface area contributed by atoms with Crippen LogP contribution in [0.4, 0.5) is 0 Å². The molecule has 1 aromatic carbocycles. The van der Waals surface area contributed by atoms with Gasteiger partial charge in [0.25, 0.3) is 0 Å². The Hall–Kier alpha value is -2.49. The number of carbonyl (C=O) groups is 2. The SMILES string of the molecule is C=CCOC(=O)C1=C(C)N=C2CC(C)(C)CC(=O)C2[C@@H]1c1ccc(C)cc1. The van der Waals surface area contributed by atoms with Gasteiger partial charge >= 0.3 is 5.97 Å². The van der Waals surface area contributed by atoms with Crippen molar-refractivity contribution in [2.45, 2.75) is 46.5 Å². The second kappa shape index (κ2) is 7.26. The summed E-state index contributed by atoms with van der Waals surface area (Å²) in [6, 6.07) is 8.04. The van der Waals surface area contributed by atoms with Crippen LogP contribution in [-0.2, 0) is 14.3 Å². The highest BCUT2D eigenvalue weighted by Gasteiger charge is 2.47. The molecule has 2 atom stereocenters. The quantitative estimate of drug-likeness (QED) is 0.581. The van der Waals surface area contributed by atoms with Gasteiger partial charge in [0.2, 0.25) is 0 Å². The summed E-state index contributed by atoms with van der Waals surface area (Å²) >= 11 is 0. The van der Waals surface area contributed by atoms with Gasteiger partial charge in [-0.2, -0.15) is 0 Å². The van der Waals surface area contributed by atoms with Crippen molar-refractivity contribution in [3.05, 3.63) is 59.3 Å². The first-order valence-electron chi connectivity index (χ1n) is 9.39. The van der Waals surface area contributed by atoms with Crippen LogP contribution in [0.25, 0.3) is 0 Å². The summed E-state index contributed by atoms with van der Waals surface area (Å²) < 4.78 is 5.34. The molecule has 0 aromatic heterocycles. The molecule has 1 fully saturated rings. The van der Waals surface area contributed by atoms with Crippen LogP contribution in [-0.4, -0.2) is 24.1 Å². The molecule has 0 spiro atoms. The summed E-state index contributed by atoms with van der Waals surface area (Å²) in [7, 11) is 0. The van der Waals surface area contributed by atoms with Gasteiger partial charge in [-0.25, -0.2) is 4.79 Å². The number of nitrogens with zero attached hydrogens (tertiary/aromatic N) is 1. The first kappa shape index (κ1) is 19.3. The largest absolute Gasteiger partial charge is 0.458 e. The predicted molar refractivity (Wildman–Crippen MR) is 107 cm³/mol. The predicted octanol–water partition coefficient (Wildman–Crippen LogP) is 4.54. The number of fused-ring (bicyclic) bond motifs is 1. The number of aliphatic imine (C=N–C) groups is 1. The van der Waals surface area contributed by atoms with Crippen molar-refractivity contribution in [3.8, 4) is 0 Å². The van der Waals surface area contributed by atoms with E-state index in [1.54, 1.807) is 6.08 Å². The summed E-state index contributed by atoms with van der Waals surface area (Å²) in [6.45, 7) is 11.8. The molecule has 1 heterocycles. The van der Waals surface area contributed by atoms with E-state index in [4.69, 9.17) is 9.73 Å². The Morgan fingerprint density at radius 1 is 1.22 bits per heavy atom. The Kier molecular flexibility index (Phi) is 5.18. The second-order valence-electron chi connectivity index (χ2n) is 8.34. The van der Waals surface area contributed by atoms with Gasteiger partial charge in [0.05, 0.1) is 11.5 Å². The fourth-order valence-electron chi connectivity index (χ4n) is 4.20. The summed E-state index contributed by atoms with van der Waals surface area (Å²) in [5.74, 6) is -1.01. The van der Waals surface area contributed by atoms with E-state index >= 15 is 0 Å². The smallest absolute Gasteiger partial charge is 0.336 e. The highest BCUT2D eigenvalue weighted by atomic mass is 16.5. The van der Waals surface area contributed by atoms with E-state index in [1.165, 1.54) is 0 Å². The molecule has 1 saturated carbocycles. The molecule has 3 rings (SSSR count). The number of hydrogen-bond donors (Lipinski definition) is 0. The number of Topliss-reactive ketones (excluding diaryl/α,β-unsaturated/α-hetero) is 1. The lowest BCUT2D eigenvalue weighted by atomic mass is 9.63. The molecule has 1 aliphatic carbocycles. The molecular formula is C23H27NO3. The number of hydrogen-bond acceptors (Lipinski definition) is 4. The van der Waals surface area contributed by atoms with Gasteiger partial charge in [0.15, 0.2) is 0 Å². The van der Waals surface area contributed by atoms with Crippen molar-refractivity contribution in [3.63, 3.8) is 0 Å². The van der Waals surface area contributed by atoms with E-state index < -0.39 is 11.9 Å². The molecule has 0 radical (unpaired) electrons. The maximum absolute atomic E-state index is 13.1. The lowest BCUT2D eigenvalue weighted by molar-refractivity contribution is -0.138. The Morgan fingerprint density at radius 2 is 1.89 bits per heavy atom. The Morgan fingerprint density at radius 3 is 2.52 bits per heavy atom. The topological polar surface area (TPSA) is 55.7 Å². The number of carbonyl (C=O) groups excluding carboxylic acids is 2. The van der Waals surface area contributed by atoms with Gasteiger partial charge in [-0.1, -0.05) is 56.3 Å². The minimum Gasteiger partial charge on any atom is -0.458 e. The summed E-state index contributed by atoms with van der Waals surface area (Å²) in [6.07, 6.45) is 2.80. The van der Waals surface area contributed by atoms with Gasteiger partial charge in [-0.15, -0.1) is 0 Å². The molecule has 1 unspecified atom stereocenters. The number of aryl methyl sites for hydroxylation is 1. The van der Waals surface area contributed by atoms with Crippen LogP contribution in [0, 0.1) is 18.3 Å². The van der Waals surface area contributed by atoms with E-state index in [1.807, 2.05) is 38.1 Å². The molecule has 0 bridgehead atoms. The van der Waals surface area contributed by atoms with Crippen LogP contribution < -0.4 is 0 Å². The molecule has 2 aliphatic rings. The van der Waals surface area contributed by atoms with Crippen molar-refractivity contribution in [2.24, 2.45) is 16.3 Å². The van der Waals surface area contributed by atoms with E-state index in [0.29, 0.717) is 17.7 Å². The van der Waals surface area contributed by atoms with E-state index in [9.17, 15) is 9.59 Å². The molecule has 0 saturated heterocycles. The van der Waals surface area contributed by atoms with E-state index in [0.717, 1.165) is 23.3 Å². The van der Waals surface area contributed by atoms with Gasteiger partial charge in [0, 0.05) is 23.7 Å². The number of ketones is 1. The average molecular weight is 365 g/mol. The summed E-state index contributed by atoms with van der Waals surface area (Å²) in [4.78, 5) is 30.6. The maximum Gasteiger partial charge on any atom is 0.336 e. The minimum absolute atomic E-state index is 0.106. The zero-order chi connectivity index (χ0) is 19.8. The number of benzene rings is 1. The fraction of sp³-hybridized carbons (Fsp3) is 0.435. The van der Waals surface area contributed by atoms with E-state index in [-0.39, 0.29) is 23.7 Å². The molecule has 142 valence electrons. The van der Waals surface area contributed by atoms with Crippen molar-refractivity contribution < 1.29 is 14.3 Å². The standard InChI is InChI=1S/C23H27NO3/c1-6-11-27-22(26)19-15(3)24-17-12-23(4,5)13-18(25)21(17)20(19)16-9-7-14(2)8-10-16/h6-10,20-21H,1,11-13H2,2-5H3/t20-,21?/m1/s1. The minimum atomic E-state index is -0.418. The van der Waals surface area contributed by atoms with Crippen LogP contribution in [0.1, 0.15) is 50.7 Å². The highest BCUT2D eigenvalue weighted by Crippen LogP contribution is 2.46. The van der Waals surface area contributed by atoms with Gasteiger partial charge in [-0.05, 0) is 31.2 Å². The molecule has 1 aromatic rings. The third kappa shape index (κ3) is 3.80. The van der Waals surface area contributed by atoms with Crippen molar-refractivity contribution >= 4 is 17.5 Å². The highest BCUT2D eigenvalue weighted by molar-refractivity contribution is 6.12. The first-order chi connectivity index (χ1) is 12.7. The number of allylic oxidation sites excluding steroid dienone is 1. The van der Waals surface area contributed by atoms with E-state index in [2.05, 4.69) is 20.4 Å². The van der Waals surface area contributed by atoms with Crippen molar-refractivity contribution in [1.29, 1.82) is 0 Å². The van der Waals surface area contributed by atoms with Crippen molar-refractivity contribution in [2.75, 3.05) is 6.61 Å². The van der Waals surface area contributed by atoms with Crippen LogP contribution in [0.3, 0.4) is 0 Å². The number of ether oxygens (including phenoxy) is 1. The zero-order valence-corrected chi connectivity index (χ0v) is 16.5. The van der Waals surface area contributed by atoms with Gasteiger partial charge in [-0.3, -0.25) is 9.79 Å². The fourth-order valence-corrected chi connectivity index (χ4v) is 4.20. The Labute approximate surface area is 161 Å². The molecular weight excluding hydrogens is 338 g/mol. The normalized spacial score (nSPS) is 24.1. The first-order valence-corrected chi connectivity index (χ1v) is 9.39. The summed E-state index contributed by atoms with van der Waals surface area (Å²) in [5.41, 5.74) is 4.01. The Bertz CT molecular complexity index is 843. The molecule has 4 heteroatoms. The molecule has 27 heavy (non-hydrogen) atoms. The van der Waals surface area contributed by atoms with Crippen LogP contribution in [0.5, 0.6) is 0 Å². The third-order valence-corrected chi connectivity index (χ3v) is 5.35.